The van der Waals surface area contributed by atoms with Gasteiger partial charge >= 0.3 is 0 Å². The van der Waals surface area contributed by atoms with Gasteiger partial charge in [0.25, 0.3) is 0 Å². The van der Waals surface area contributed by atoms with Gasteiger partial charge in [0.2, 0.25) is 0 Å². The van der Waals surface area contributed by atoms with Crippen molar-refractivity contribution in [1.82, 2.24) is 10.2 Å². The molecule has 20 heavy (non-hydrogen) atoms. The summed E-state index contributed by atoms with van der Waals surface area (Å²) < 4.78 is 1.22. The van der Waals surface area contributed by atoms with Crippen molar-refractivity contribution in [3.63, 3.8) is 0 Å². The average Bonchev–Trinajstić information content (AvgIpc) is 2.65. The fraction of sp³-hybridized carbons (Fsp3) is 0.625. The minimum Gasteiger partial charge on any atom is -0.370 e. The first kappa shape index (κ1) is 15.8. The molecule has 1 N–H and O–H groups in total. The molecule has 0 unspecified atom stereocenters. The lowest BCUT2D eigenvalue weighted by Gasteiger charge is -2.23. The van der Waals surface area contributed by atoms with E-state index in [1.54, 1.807) is 0 Å². The van der Waals surface area contributed by atoms with Crippen LogP contribution in [0.4, 0.5) is 5.69 Å². The smallest absolute Gasteiger partial charge is 0.0378 e. The van der Waals surface area contributed by atoms with Gasteiger partial charge in [-0.1, -0.05) is 28.9 Å². The summed E-state index contributed by atoms with van der Waals surface area (Å²) in [6, 6.07) is 6.78. The minimum atomic E-state index is 0.942. The molecule has 1 heterocycles. The van der Waals surface area contributed by atoms with Crippen LogP contribution in [0.3, 0.4) is 0 Å². The van der Waals surface area contributed by atoms with E-state index in [9.17, 15) is 0 Å². The molecule has 1 aromatic rings. The van der Waals surface area contributed by atoms with Crippen LogP contribution in [0.15, 0.2) is 22.7 Å². The number of hydrogen-bond acceptors (Lipinski definition) is 3. The Balaban J connectivity index is 2.00. The highest BCUT2D eigenvalue weighted by Gasteiger charge is 2.13. The first-order valence-corrected chi connectivity index (χ1v) is 8.42. The number of rotatable bonds is 5. The summed E-state index contributed by atoms with van der Waals surface area (Å²) in [5.41, 5.74) is 2.68. The van der Waals surface area contributed by atoms with Gasteiger partial charge in [0.1, 0.15) is 0 Å². The van der Waals surface area contributed by atoms with E-state index >= 15 is 0 Å². The topological polar surface area (TPSA) is 18.5 Å². The molecule has 0 atom stereocenters. The Morgan fingerprint density at radius 1 is 1.20 bits per heavy atom. The molecule has 0 spiro atoms. The predicted octanol–water partition coefficient (Wildman–Crippen LogP) is 3.09. The molecule has 4 heteroatoms. The lowest BCUT2D eigenvalue weighted by Crippen LogP contribution is -2.28. The van der Waals surface area contributed by atoms with Gasteiger partial charge in [-0.15, -0.1) is 0 Å². The van der Waals surface area contributed by atoms with Gasteiger partial charge in [-0.05, 0) is 50.7 Å². The molecular weight excluding hydrogens is 314 g/mol. The molecule has 0 radical (unpaired) electrons. The summed E-state index contributed by atoms with van der Waals surface area (Å²) in [5, 5.41) is 3.46. The molecule has 3 nitrogen and oxygen atoms in total. The second kappa shape index (κ2) is 8.01. The SMILES string of the molecule is CCCNCc1ccc(N2CCCN(C)CC2)cc1Br. The Kier molecular flexibility index (Phi) is 6.33. The number of nitrogens with one attached hydrogen (secondary N) is 1. The van der Waals surface area contributed by atoms with Crippen molar-refractivity contribution in [2.24, 2.45) is 0 Å². The molecule has 0 saturated carbocycles. The van der Waals surface area contributed by atoms with E-state index in [-0.39, 0.29) is 0 Å². The summed E-state index contributed by atoms with van der Waals surface area (Å²) in [6.45, 7) is 8.85. The summed E-state index contributed by atoms with van der Waals surface area (Å²) in [4.78, 5) is 4.91. The zero-order valence-electron chi connectivity index (χ0n) is 12.7. The number of likely N-dealkylation sites (N-methyl/N-ethyl adjacent to an activating group) is 1. The van der Waals surface area contributed by atoms with E-state index in [1.807, 2.05) is 0 Å². The summed E-state index contributed by atoms with van der Waals surface area (Å²) in [7, 11) is 2.21. The first-order chi connectivity index (χ1) is 9.70. The minimum absolute atomic E-state index is 0.942. The predicted molar refractivity (Wildman–Crippen MR) is 90.5 cm³/mol. The van der Waals surface area contributed by atoms with Gasteiger partial charge in [0, 0.05) is 36.3 Å². The van der Waals surface area contributed by atoms with Gasteiger partial charge in [0.05, 0.1) is 0 Å². The van der Waals surface area contributed by atoms with Crippen LogP contribution in [0.5, 0.6) is 0 Å². The standard InChI is InChI=1S/C16H26BrN3/c1-3-7-18-13-14-5-6-15(12-16(14)17)20-9-4-8-19(2)10-11-20/h5-6,12,18H,3-4,7-11,13H2,1-2H3. The van der Waals surface area contributed by atoms with Gasteiger partial charge in [0.15, 0.2) is 0 Å². The largest absolute Gasteiger partial charge is 0.370 e. The highest BCUT2D eigenvalue weighted by molar-refractivity contribution is 9.10. The summed E-state index contributed by atoms with van der Waals surface area (Å²) >= 11 is 3.72. The number of nitrogens with zero attached hydrogens (tertiary/aromatic N) is 2. The van der Waals surface area contributed by atoms with E-state index in [0.29, 0.717) is 0 Å². The van der Waals surface area contributed by atoms with E-state index < -0.39 is 0 Å². The Bertz CT molecular complexity index is 422. The van der Waals surface area contributed by atoms with Gasteiger partial charge in [-0.2, -0.15) is 0 Å². The fourth-order valence-electron chi connectivity index (χ4n) is 2.58. The van der Waals surface area contributed by atoms with Gasteiger partial charge < -0.3 is 15.1 Å². The fourth-order valence-corrected chi connectivity index (χ4v) is 3.09. The average molecular weight is 340 g/mol. The Hall–Kier alpha value is -0.580. The van der Waals surface area contributed by atoms with E-state index in [2.05, 4.69) is 63.2 Å². The molecule has 1 aliphatic rings. The summed E-state index contributed by atoms with van der Waals surface area (Å²) in [6.07, 6.45) is 2.42. The van der Waals surface area contributed by atoms with Crippen LogP contribution in [0.1, 0.15) is 25.3 Å². The number of hydrogen-bond donors (Lipinski definition) is 1. The summed E-state index contributed by atoms with van der Waals surface area (Å²) in [5.74, 6) is 0. The zero-order chi connectivity index (χ0) is 14.4. The highest BCUT2D eigenvalue weighted by atomic mass is 79.9. The van der Waals surface area contributed by atoms with E-state index in [0.717, 1.165) is 32.7 Å². The third-order valence-corrected chi connectivity index (χ3v) is 4.60. The van der Waals surface area contributed by atoms with Crippen molar-refractivity contribution in [2.45, 2.75) is 26.3 Å². The number of benzene rings is 1. The highest BCUT2D eigenvalue weighted by Crippen LogP contribution is 2.25. The van der Waals surface area contributed by atoms with E-state index in [1.165, 1.54) is 35.1 Å². The van der Waals surface area contributed by atoms with Crippen molar-refractivity contribution in [3.05, 3.63) is 28.2 Å². The quantitative estimate of drug-likeness (QED) is 0.831. The van der Waals surface area contributed by atoms with Crippen molar-refractivity contribution in [2.75, 3.05) is 44.7 Å². The lowest BCUT2D eigenvalue weighted by molar-refractivity contribution is 0.360. The lowest BCUT2D eigenvalue weighted by atomic mass is 10.2. The van der Waals surface area contributed by atoms with Crippen LogP contribution in [0, 0.1) is 0 Å². The van der Waals surface area contributed by atoms with Crippen LogP contribution >= 0.6 is 15.9 Å². The van der Waals surface area contributed by atoms with Crippen molar-refractivity contribution in [1.29, 1.82) is 0 Å². The second-order valence-corrected chi connectivity index (χ2v) is 6.45. The van der Waals surface area contributed by atoms with E-state index in [4.69, 9.17) is 0 Å². The second-order valence-electron chi connectivity index (χ2n) is 5.60. The van der Waals surface area contributed by atoms with Gasteiger partial charge in [-0.25, -0.2) is 0 Å². The molecule has 0 amide bonds. The van der Waals surface area contributed by atoms with Crippen molar-refractivity contribution >= 4 is 21.6 Å². The monoisotopic (exact) mass is 339 g/mol. The molecule has 1 saturated heterocycles. The number of anilines is 1. The molecule has 1 aromatic carbocycles. The molecule has 0 aliphatic carbocycles. The molecule has 1 fully saturated rings. The molecule has 1 aliphatic heterocycles. The van der Waals surface area contributed by atoms with Crippen LogP contribution in [-0.4, -0.2) is 44.7 Å². The van der Waals surface area contributed by atoms with Crippen molar-refractivity contribution < 1.29 is 0 Å². The maximum Gasteiger partial charge on any atom is 0.0378 e. The van der Waals surface area contributed by atoms with Crippen molar-refractivity contribution in [3.8, 4) is 0 Å². The maximum atomic E-state index is 3.72. The maximum absolute atomic E-state index is 3.72. The Morgan fingerprint density at radius 3 is 2.80 bits per heavy atom. The third-order valence-electron chi connectivity index (χ3n) is 3.86. The van der Waals surface area contributed by atoms with Crippen LogP contribution in [0.2, 0.25) is 0 Å². The Labute approximate surface area is 131 Å². The number of halogens is 1. The van der Waals surface area contributed by atoms with Crippen LogP contribution in [-0.2, 0) is 6.54 Å². The van der Waals surface area contributed by atoms with Crippen LogP contribution in [0.25, 0.3) is 0 Å². The molecule has 2 rings (SSSR count). The molecule has 0 aromatic heterocycles. The third kappa shape index (κ3) is 4.47. The zero-order valence-corrected chi connectivity index (χ0v) is 14.2. The normalized spacial score (nSPS) is 17.2. The first-order valence-electron chi connectivity index (χ1n) is 7.63. The Morgan fingerprint density at radius 2 is 2.05 bits per heavy atom. The molecular formula is C16H26BrN3. The molecule has 112 valence electrons. The van der Waals surface area contributed by atoms with Crippen LogP contribution < -0.4 is 10.2 Å². The molecule has 0 bridgehead atoms. The van der Waals surface area contributed by atoms with Gasteiger partial charge in [-0.3, -0.25) is 0 Å².